The SMILES string of the molecule is CCCNCCNS(=O)(=O)c1ccc(NS(=O)(=O)CC)cc1OC. The molecule has 0 aliphatic heterocycles. The number of hydrogen-bond donors (Lipinski definition) is 3. The molecular weight excluding hydrogens is 354 g/mol. The zero-order chi connectivity index (χ0) is 18.2. The molecule has 10 heteroatoms. The van der Waals surface area contributed by atoms with Crippen molar-refractivity contribution in [2.24, 2.45) is 0 Å². The van der Waals surface area contributed by atoms with Crippen LogP contribution in [0.2, 0.25) is 0 Å². The van der Waals surface area contributed by atoms with Gasteiger partial charge in [-0.3, -0.25) is 4.72 Å². The van der Waals surface area contributed by atoms with E-state index >= 15 is 0 Å². The molecule has 0 unspecified atom stereocenters. The molecule has 0 aromatic heterocycles. The van der Waals surface area contributed by atoms with Gasteiger partial charge in [-0.15, -0.1) is 0 Å². The lowest BCUT2D eigenvalue weighted by Gasteiger charge is -2.13. The summed E-state index contributed by atoms with van der Waals surface area (Å²) in [6.45, 7) is 5.11. The van der Waals surface area contributed by atoms with Gasteiger partial charge in [0.2, 0.25) is 20.0 Å². The minimum Gasteiger partial charge on any atom is -0.495 e. The molecule has 0 fully saturated rings. The van der Waals surface area contributed by atoms with Crippen molar-refractivity contribution in [3.05, 3.63) is 18.2 Å². The zero-order valence-corrected chi connectivity index (χ0v) is 15.8. The van der Waals surface area contributed by atoms with Crippen molar-refractivity contribution in [2.75, 3.05) is 37.2 Å². The first kappa shape index (κ1) is 20.7. The van der Waals surface area contributed by atoms with Crippen molar-refractivity contribution >= 4 is 25.7 Å². The normalized spacial score (nSPS) is 12.1. The summed E-state index contributed by atoms with van der Waals surface area (Å²) in [5, 5.41) is 3.09. The number of hydrogen-bond acceptors (Lipinski definition) is 6. The molecule has 0 amide bonds. The largest absolute Gasteiger partial charge is 0.495 e. The fourth-order valence-corrected chi connectivity index (χ4v) is 3.67. The Morgan fingerprint density at radius 3 is 2.33 bits per heavy atom. The van der Waals surface area contributed by atoms with E-state index in [0.29, 0.717) is 6.54 Å². The summed E-state index contributed by atoms with van der Waals surface area (Å²) >= 11 is 0. The smallest absolute Gasteiger partial charge is 0.244 e. The van der Waals surface area contributed by atoms with Gasteiger partial charge in [-0.05, 0) is 32.0 Å². The summed E-state index contributed by atoms with van der Waals surface area (Å²) in [6.07, 6.45) is 0.968. The molecule has 1 rings (SSSR count). The maximum absolute atomic E-state index is 12.3. The van der Waals surface area contributed by atoms with Crippen LogP contribution in [0.15, 0.2) is 23.1 Å². The van der Waals surface area contributed by atoms with Gasteiger partial charge in [-0.1, -0.05) is 6.92 Å². The lowest BCUT2D eigenvalue weighted by Crippen LogP contribution is -2.32. The minimum atomic E-state index is -3.75. The molecule has 0 spiro atoms. The van der Waals surface area contributed by atoms with E-state index in [2.05, 4.69) is 14.8 Å². The molecule has 0 heterocycles. The quantitative estimate of drug-likeness (QED) is 0.489. The van der Waals surface area contributed by atoms with Crippen molar-refractivity contribution in [3.63, 3.8) is 0 Å². The summed E-state index contributed by atoms with van der Waals surface area (Å²) in [5.41, 5.74) is 0.247. The summed E-state index contributed by atoms with van der Waals surface area (Å²) in [5.74, 6) is -0.0119. The molecule has 1 aromatic carbocycles. The highest BCUT2D eigenvalue weighted by atomic mass is 32.2. The van der Waals surface area contributed by atoms with Gasteiger partial charge < -0.3 is 10.1 Å². The van der Waals surface area contributed by atoms with Crippen LogP contribution in [-0.2, 0) is 20.0 Å². The maximum atomic E-state index is 12.3. The Balaban J connectivity index is 2.91. The first-order valence-electron chi connectivity index (χ1n) is 7.64. The second kappa shape index (κ2) is 9.21. The fourth-order valence-electron chi connectivity index (χ4n) is 1.86. The minimum absolute atomic E-state index is 0.0417. The molecule has 0 saturated carbocycles. The second-order valence-electron chi connectivity index (χ2n) is 5.02. The molecule has 3 N–H and O–H groups in total. The Hall–Kier alpha value is -1.36. The lowest BCUT2D eigenvalue weighted by molar-refractivity contribution is 0.402. The number of nitrogens with one attached hydrogen (secondary N) is 3. The van der Waals surface area contributed by atoms with Crippen LogP contribution in [0.3, 0.4) is 0 Å². The predicted molar refractivity (Wildman–Crippen MR) is 94.4 cm³/mol. The highest BCUT2D eigenvalue weighted by molar-refractivity contribution is 7.92. The van der Waals surface area contributed by atoms with Crippen molar-refractivity contribution in [3.8, 4) is 5.75 Å². The van der Waals surface area contributed by atoms with Crippen molar-refractivity contribution in [1.82, 2.24) is 10.0 Å². The zero-order valence-electron chi connectivity index (χ0n) is 14.1. The van der Waals surface area contributed by atoms with Gasteiger partial charge in [0.15, 0.2) is 0 Å². The van der Waals surface area contributed by atoms with Crippen LogP contribution in [0.25, 0.3) is 0 Å². The number of benzene rings is 1. The van der Waals surface area contributed by atoms with E-state index < -0.39 is 20.0 Å². The number of sulfonamides is 2. The molecule has 0 aliphatic carbocycles. The molecule has 0 atom stereocenters. The lowest BCUT2D eigenvalue weighted by atomic mass is 10.3. The summed E-state index contributed by atoms with van der Waals surface area (Å²) in [6, 6.07) is 4.05. The van der Waals surface area contributed by atoms with E-state index in [1.807, 2.05) is 6.92 Å². The number of ether oxygens (including phenoxy) is 1. The Morgan fingerprint density at radius 2 is 1.75 bits per heavy atom. The van der Waals surface area contributed by atoms with Crippen LogP contribution < -0.4 is 19.5 Å². The van der Waals surface area contributed by atoms with Gasteiger partial charge in [0.05, 0.1) is 18.6 Å². The number of methoxy groups -OCH3 is 1. The monoisotopic (exact) mass is 379 g/mol. The average molecular weight is 380 g/mol. The van der Waals surface area contributed by atoms with Gasteiger partial charge in [0.1, 0.15) is 10.6 Å². The summed E-state index contributed by atoms with van der Waals surface area (Å²) in [4.78, 5) is -0.0417. The molecule has 138 valence electrons. The van der Waals surface area contributed by atoms with Gasteiger partial charge in [-0.2, -0.15) is 0 Å². The topological polar surface area (TPSA) is 114 Å². The molecule has 0 bridgehead atoms. The van der Waals surface area contributed by atoms with E-state index in [9.17, 15) is 16.8 Å². The van der Waals surface area contributed by atoms with E-state index in [1.165, 1.54) is 32.2 Å². The Morgan fingerprint density at radius 1 is 1.04 bits per heavy atom. The average Bonchev–Trinajstić information content (AvgIpc) is 2.54. The second-order valence-corrected chi connectivity index (χ2v) is 8.77. The van der Waals surface area contributed by atoms with Crippen molar-refractivity contribution in [1.29, 1.82) is 0 Å². The van der Waals surface area contributed by atoms with Crippen LogP contribution in [0.1, 0.15) is 20.3 Å². The van der Waals surface area contributed by atoms with Crippen LogP contribution in [0, 0.1) is 0 Å². The van der Waals surface area contributed by atoms with Crippen LogP contribution in [-0.4, -0.2) is 49.3 Å². The first-order chi connectivity index (χ1) is 11.3. The third-order valence-corrected chi connectivity index (χ3v) is 5.93. The van der Waals surface area contributed by atoms with Gasteiger partial charge in [-0.25, -0.2) is 21.6 Å². The van der Waals surface area contributed by atoms with Gasteiger partial charge >= 0.3 is 0 Å². The third-order valence-electron chi connectivity index (χ3n) is 3.13. The highest BCUT2D eigenvalue weighted by Gasteiger charge is 2.20. The van der Waals surface area contributed by atoms with Gasteiger partial charge in [0.25, 0.3) is 0 Å². The van der Waals surface area contributed by atoms with E-state index in [1.54, 1.807) is 0 Å². The van der Waals surface area contributed by atoms with E-state index in [0.717, 1.165) is 13.0 Å². The van der Waals surface area contributed by atoms with Gasteiger partial charge in [0, 0.05) is 19.2 Å². The van der Waals surface area contributed by atoms with Crippen LogP contribution in [0.4, 0.5) is 5.69 Å². The Kier molecular flexibility index (Phi) is 7.94. The molecule has 24 heavy (non-hydrogen) atoms. The van der Waals surface area contributed by atoms with Crippen molar-refractivity contribution < 1.29 is 21.6 Å². The molecular formula is C14H25N3O5S2. The molecule has 0 saturated heterocycles. The predicted octanol–water partition coefficient (Wildman–Crippen LogP) is 0.735. The van der Waals surface area contributed by atoms with E-state index in [4.69, 9.17) is 4.74 Å². The van der Waals surface area contributed by atoms with Crippen LogP contribution >= 0.6 is 0 Å². The molecule has 8 nitrogen and oxygen atoms in total. The highest BCUT2D eigenvalue weighted by Crippen LogP contribution is 2.27. The molecule has 1 aromatic rings. The fraction of sp³-hybridized carbons (Fsp3) is 0.571. The summed E-state index contributed by atoms with van der Waals surface area (Å²) in [7, 11) is -5.87. The van der Waals surface area contributed by atoms with E-state index in [-0.39, 0.29) is 28.6 Å². The standard InChI is InChI=1S/C14H25N3O5S2/c1-4-8-15-9-10-16-24(20,21)14-7-6-12(11-13(14)22-3)17-23(18,19)5-2/h6-7,11,15-17H,4-5,8-10H2,1-3H3. The van der Waals surface area contributed by atoms with Crippen molar-refractivity contribution in [2.45, 2.75) is 25.2 Å². The number of anilines is 1. The molecule has 0 radical (unpaired) electrons. The Labute approximate surface area is 144 Å². The maximum Gasteiger partial charge on any atom is 0.244 e. The number of rotatable bonds is 11. The first-order valence-corrected chi connectivity index (χ1v) is 10.8. The Bertz CT molecular complexity index is 733. The molecule has 0 aliphatic rings. The third kappa shape index (κ3) is 6.27. The summed E-state index contributed by atoms with van der Waals surface area (Å²) < 4.78 is 57.8. The van der Waals surface area contributed by atoms with Crippen LogP contribution in [0.5, 0.6) is 5.75 Å².